The third-order valence-corrected chi connectivity index (χ3v) is 6.57. The van der Waals surface area contributed by atoms with Crippen LogP contribution in [0.2, 0.25) is 0 Å². The smallest absolute Gasteiger partial charge is 0.431 e. The van der Waals surface area contributed by atoms with Crippen LogP contribution in [0.3, 0.4) is 0 Å². The topological polar surface area (TPSA) is 66.7 Å². The van der Waals surface area contributed by atoms with E-state index >= 15 is 0 Å². The molecule has 2 aromatic rings. The van der Waals surface area contributed by atoms with E-state index in [1.807, 2.05) is 0 Å². The lowest BCUT2D eigenvalue weighted by Crippen LogP contribution is -2.56. The molecule has 3 heterocycles. The van der Waals surface area contributed by atoms with E-state index in [-0.39, 0.29) is 12.5 Å². The SMILES string of the molecule is COc1cc(C(=O)N2CCC3(CC2)NCCn2c(C(F)(F)F)ccc23)ccc1C(C)(C)O. The van der Waals surface area contributed by atoms with Crippen LogP contribution in [0.15, 0.2) is 30.3 Å². The molecule has 0 aliphatic carbocycles. The van der Waals surface area contributed by atoms with Crippen LogP contribution < -0.4 is 10.1 Å². The minimum atomic E-state index is -4.39. The molecule has 0 radical (unpaired) electrons. The minimum Gasteiger partial charge on any atom is -0.496 e. The van der Waals surface area contributed by atoms with Crippen LogP contribution in [0.5, 0.6) is 5.75 Å². The van der Waals surface area contributed by atoms with E-state index in [4.69, 9.17) is 4.74 Å². The number of nitrogens with zero attached hydrogens (tertiary/aromatic N) is 2. The molecule has 6 nitrogen and oxygen atoms in total. The van der Waals surface area contributed by atoms with Gasteiger partial charge in [0.1, 0.15) is 11.4 Å². The van der Waals surface area contributed by atoms with E-state index in [1.54, 1.807) is 43.0 Å². The summed E-state index contributed by atoms with van der Waals surface area (Å²) in [6, 6.07) is 7.69. The highest BCUT2D eigenvalue weighted by molar-refractivity contribution is 5.95. The average Bonchev–Trinajstić information content (AvgIpc) is 3.19. The van der Waals surface area contributed by atoms with Crippen LogP contribution in [0.1, 0.15) is 54.0 Å². The Balaban J connectivity index is 1.53. The van der Waals surface area contributed by atoms with Crippen molar-refractivity contribution >= 4 is 5.91 Å². The second-order valence-electron chi connectivity index (χ2n) is 9.03. The zero-order chi connectivity index (χ0) is 23.3. The third kappa shape index (κ3) is 3.88. The molecule has 1 aromatic heterocycles. The number of halogens is 3. The number of amides is 1. The zero-order valence-corrected chi connectivity index (χ0v) is 18.4. The number of hydrogen-bond acceptors (Lipinski definition) is 4. The van der Waals surface area contributed by atoms with Crippen molar-refractivity contribution in [2.75, 3.05) is 26.7 Å². The van der Waals surface area contributed by atoms with Gasteiger partial charge in [-0.25, -0.2) is 0 Å². The van der Waals surface area contributed by atoms with Crippen molar-refractivity contribution < 1.29 is 27.8 Å². The Kier molecular flexibility index (Phi) is 5.53. The Morgan fingerprint density at radius 2 is 1.81 bits per heavy atom. The Labute approximate surface area is 185 Å². The number of fused-ring (bicyclic) bond motifs is 2. The monoisotopic (exact) mass is 451 g/mol. The molecular weight excluding hydrogens is 423 g/mol. The van der Waals surface area contributed by atoms with Crippen molar-refractivity contribution in [2.24, 2.45) is 0 Å². The van der Waals surface area contributed by atoms with Crippen LogP contribution >= 0.6 is 0 Å². The highest BCUT2D eigenvalue weighted by Crippen LogP contribution is 2.40. The summed E-state index contributed by atoms with van der Waals surface area (Å²) < 4.78 is 46.8. The maximum Gasteiger partial charge on any atom is 0.431 e. The van der Waals surface area contributed by atoms with Gasteiger partial charge in [0.25, 0.3) is 5.91 Å². The molecule has 1 aromatic carbocycles. The van der Waals surface area contributed by atoms with Gasteiger partial charge in [-0.2, -0.15) is 13.2 Å². The first-order valence-electron chi connectivity index (χ1n) is 10.7. The van der Waals surface area contributed by atoms with E-state index in [9.17, 15) is 23.1 Å². The van der Waals surface area contributed by atoms with Gasteiger partial charge in [-0.1, -0.05) is 6.07 Å². The number of benzene rings is 1. The summed E-state index contributed by atoms with van der Waals surface area (Å²) in [5, 5.41) is 13.7. The summed E-state index contributed by atoms with van der Waals surface area (Å²) in [6.45, 7) is 4.87. The highest BCUT2D eigenvalue weighted by Gasteiger charge is 2.44. The van der Waals surface area contributed by atoms with Gasteiger partial charge in [0, 0.05) is 43.0 Å². The zero-order valence-electron chi connectivity index (χ0n) is 18.4. The van der Waals surface area contributed by atoms with Crippen molar-refractivity contribution in [1.82, 2.24) is 14.8 Å². The fraction of sp³-hybridized carbons (Fsp3) is 0.522. The lowest BCUT2D eigenvalue weighted by molar-refractivity contribution is -0.144. The van der Waals surface area contributed by atoms with Crippen LogP contribution in [0.4, 0.5) is 13.2 Å². The van der Waals surface area contributed by atoms with Gasteiger partial charge in [0.2, 0.25) is 0 Å². The average molecular weight is 451 g/mol. The number of aliphatic hydroxyl groups is 1. The summed E-state index contributed by atoms with van der Waals surface area (Å²) in [6.07, 6.45) is -3.33. The molecule has 0 unspecified atom stereocenters. The van der Waals surface area contributed by atoms with Crippen molar-refractivity contribution in [1.29, 1.82) is 0 Å². The van der Waals surface area contributed by atoms with Gasteiger partial charge in [0.05, 0.1) is 18.2 Å². The minimum absolute atomic E-state index is 0.164. The first-order chi connectivity index (χ1) is 15.0. The predicted molar refractivity (Wildman–Crippen MR) is 112 cm³/mol. The Morgan fingerprint density at radius 1 is 1.12 bits per heavy atom. The van der Waals surface area contributed by atoms with E-state index in [1.165, 1.54) is 11.7 Å². The molecule has 1 spiro atoms. The number of piperidine rings is 1. The number of methoxy groups -OCH3 is 1. The number of nitrogens with one attached hydrogen (secondary N) is 1. The number of aromatic nitrogens is 1. The van der Waals surface area contributed by atoms with Crippen LogP contribution in [0, 0.1) is 0 Å². The van der Waals surface area contributed by atoms with E-state index in [0.717, 1.165) is 6.07 Å². The molecule has 32 heavy (non-hydrogen) atoms. The number of carbonyl (C=O) groups excluding carboxylic acids is 1. The van der Waals surface area contributed by atoms with Crippen molar-refractivity contribution in [2.45, 2.75) is 50.6 Å². The van der Waals surface area contributed by atoms with Gasteiger partial charge in [-0.3, -0.25) is 4.79 Å². The van der Waals surface area contributed by atoms with Gasteiger partial charge in [0.15, 0.2) is 0 Å². The normalized spacial score (nSPS) is 18.5. The molecule has 2 aliphatic rings. The fourth-order valence-corrected chi connectivity index (χ4v) is 4.91. The summed E-state index contributed by atoms with van der Waals surface area (Å²) >= 11 is 0. The second kappa shape index (κ2) is 7.81. The first kappa shape index (κ1) is 22.7. The third-order valence-electron chi connectivity index (χ3n) is 6.57. The highest BCUT2D eigenvalue weighted by atomic mass is 19.4. The number of ether oxygens (including phenoxy) is 1. The Hall–Kier alpha value is -2.52. The summed E-state index contributed by atoms with van der Waals surface area (Å²) in [5.74, 6) is 0.269. The molecule has 0 atom stereocenters. The molecule has 1 saturated heterocycles. The van der Waals surface area contributed by atoms with Gasteiger partial charge in [-0.15, -0.1) is 0 Å². The molecule has 0 saturated carbocycles. The van der Waals surface area contributed by atoms with Gasteiger partial charge in [-0.05, 0) is 51.0 Å². The molecular formula is C23H28F3N3O3. The Morgan fingerprint density at radius 3 is 2.41 bits per heavy atom. The number of likely N-dealkylation sites (tertiary alicyclic amines) is 1. The van der Waals surface area contributed by atoms with Crippen LogP contribution in [0.25, 0.3) is 0 Å². The molecule has 1 fully saturated rings. The fourth-order valence-electron chi connectivity index (χ4n) is 4.91. The molecule has 1 amide bonds. The quantitative estimate of drug-likeness (QED) is 0.750. The van der Waals surface area contributed by atoms with Crippen LogP contribution in [-0.2, 0) is 23.9 Å². The molecule has 9 heteroatoms. The first-order valence-corrected chi connectivity index (χ1v) is 10.7. The number of carbonyl (C=O) groups is 1. The molecule has 4 rings (SSSR count). The lowest BCUT2D eigenvalue weighted by Gasteiger charge is -2.45. The molecule has 2 aliphatic heterocycles. The van der Waals surface area contributed by atoms with E-state index in [2.05, 4.69) is 5.32 Å². The maximum atomic E-state index is 13.4. The number of hydrogen-bond donors (Lipinski definition) is 2. The lowest BCUT2D eigenvalue weighted by atomic mass is 9.83. The molecule has 174 valence electrons. The summed E-state index contributed by atoms with van der Waals surface area (Å²) in [7, 11) is 1.49. The van der Waals surface area contributed by atoms with E-state index in [0.29, 0.717) is 55.0 Å². The van der Waals surface area contributed by atoms with Crippen LogP contribution in [-0.4, -0.2) is 47.2 Å². The van der Waals surface area contributed by atoms with E-state index < -0.39 is 23.0 Å². The number of rotatable bonds is 3. The standard InChI is InChI=1S/C23H28F3N3O3/c1-21(2,31)16-5-4-15(14-17(16)32-3)20(30)28-11-8-22(9-12-28)18-6-7-19(23(24,25)26)29(18)13-10-27-22/h4-7,14,27,31H,8-13H2,1-3H3. The van der Waals surface area contributed by atoms with Gasteiger partial charge < -0.3 is 24.6 Å². The van der Waals surface area contributed by atoms with Gasteiger partial charge >= 0.3 is 6.18 Å². The Bertz CT molecular complexity index is 1020. The number of alkyl halides is 3. The van der Waals surface area contributed by atoms with Crippen molar-refractivity contribution in [3.05, 3.63) is 52.8 Å². The molecule has 0 bridgehead atoms. The van der Waals surface area contributed by atoms with Crippen molar-refractivity contribution in [3.8, 4) is 5.75 Å². The summed E-state index contributed by atoms with van der Waals surface area (Å²) in [4.78, 5) is 14.8. The maximum absolute atomic E-state index is 13.4. The predicted octanol–water partition coefficient (Wildman–Crippen LogP) is 3.48. The largest absolute Gasteiger partial charge is 0.496 e. The molecule has 2 N–H and O–H groups in total. The second-order valence-corrected chi connectivity index (χ2v) is 9.03. The summed E-state index contributed by atoms with van der Waals surface area (Å²) in [5.41, 5.74) is -0.625. The van der Waals surface area contributed by atoms with Crippen molar-refractivity contribution in [3.63, 3.8) is 0 Å².